The lowest BCUT2D eigenvalue weighted by molar-refractivity contribution is -0.0107. The van der Waals surface area contributed by atoms with Crippen molar-refractivity contribution in [2.75, 3.05) is 13.1 Å². The summed E-state index contributed by atoms with van der Waals surface area (Å²) in [5, 5.41) is 10.2. The minimum absolute atomic E-state index is 0.0604. The molecule has 1 aliphatic carbocycles. The van der Waals surface area contributed by atoms with Crippen LogP contribution in [0.25, 0.3) is 0 Å². The van der Waals surface area contributed by atoms with Crippen molar-refractivity contribution in [2.24, 2.45) is 5.41 Å². The zero-order valence-electron chi connectivity index (χ0n) is 11.7. The van der Waals surface area contributed by atoms with Gasteiger partial charge in [0.25, 0.3) is 0 Å². The van der Waals surface area contributed by atoms with Crippen molar-refractivity contribution >= 4 is 6.09 Å². The van der Waals surface area contributed by atoms with Gasteiger partial charge in [-0.2, -0.15) is 0 Å². The Morgan fingerprint density at radius 1 is 1.33 bits per heavy atom. The quantitative estimate of drug-likeness (QED) is 0.723. The molecule has 0 aromatic carbocycles. The van der Waals surface area contributed by atoms with Crippen LogP contribution in [0.5, 0.6) is 0 Å². The van der Waals surface area contributed by atoms with Gasteiger partial charge in [-0.3, -0.25) is 0 Å². The van der Waals surface area contributed by atoms with Crippen molar-refractivity contribution in [1.82, 2.24) is 4.90 Å². The summed E-state index contributed by atoms with van der Waals surface area (Å²) >= 11 is 0. The summed E-state index contributed by atoms with van der Waals surface area (Å²) in [6.07, 6.45) is 4.60. The number of nitrogens with zero attached hydrogens (tertiary/aromatic N) is 1. The van der Waals surface area contributed by atoms with Crippen LogP contribution in [-0.2, 0) is 4.74 Å². The van der Waals surface area contributed by atoms with Crippen molar-refractivity contribution in [1.29, 1.82) is 0 Å². The van der Waals surface area contributed by atoms with Gasteiger partial charge in [0.05, 0.1) is 6.10 Å². The van der Waals surface area contributed by atoms with Gasteiger partial charge in [0.1, 0.15) is 5.60 Å². The van der Waals surface area contributed by atoms with E-state index in [-0.39, 0.29) is 17.6 Å². The van der Waals surface area contributed by atoms with E-state index in [9.17, 15) is 9.90 Å². The number of hydrogen-bond donors (Lipinski definition) is 1. The molecule has 1 N–H and O–H groups in total. The third-order valence-corrected chi connectivity index (χ3v) is 4.15. The Balaban J connectivity index is 1.97. The molecule has 2 atom stereocenters. The maximum absolute atomic E-state index is 12.0. The first-order chi connectivity index (χ1) is 8.32. The number of aliphatic hydroxyl groups is 1. The van der Waals surface area contributed by atoms with Crippen molar-refractivity contribution in [3.8, 4) is 0 Å². The number of carbonyl (C=O) groups is 1. The van der Waals surface area contributed by atoms with E-state index in [0.717, 1.165) is 25.7 Å². The van der Waals surface area contributed by atoms with Gasteiger partial charge in [-0.25, -0.2) is 4.79 Å². The Bertz CT molecular complexity index is 323. The molecule has 4 nitrogen and oxygen atoms in total. The van der Waals surface area contributed by atoms with Crippen molar-refractivity contribution in [3.05, 3.63) is 0 Å². The highest BCUT2D eigenvalue weighted by atomic mass is 16.6. The van der Waals surface area contributed by atoms with Gasteiger partial charge >= 0.3 is 6.09 Å². The van der Waals surface area contributed by atoms with Crippen LogP contribution >= 0.6 is 0 Å². The number of hydrogen-bond acceptors (Lipinski definition) is 3. The molecular weight excluding hydrogens is 230 g/mol. The molecule has 0 bridgehead atoms. The smallest absolute Gasteiger partial charge is 0.410 e. The molecule has 104 valence electrons. The number of likely N-dealkylation sites (tertiary alicyclic amines) is 1. The van der Waals surface area contributed by atoms with Crippen LogP contribution in [0.15, 0.2) is 0 Å². The van der Waals surface area contributed by atoms with Gasteiger partial charge in [0, 0.05) is 18.5 Å². The number of ether oxygens (including phenoxy) is 1. The summed E-state index contributed by atoms with van der Waals surface area (Å²) in [6, 6.07) is 0. The lowest BCUT2D eigenvalue weighted by Gasteiger charge is -2.38. The predicted octanol–water partition coefficient (Wildman–Crippen LogP) is 2.55. The molecule has 2 aliphatic rings. The van der Waals surface area contributed by atoms with E-state index in [1.807, 2.05) is 20.8 Å². The minimum atomic E-state index is -0.446. The third kappa shape index (κ3) is 2.79. The van der Waals surface area contributed by atoms with Crippen molar-refractivity contribution in [3.63, 3.8) is 0 Å². The summed E-state index contributed by atoms with van der Waals surface area (Å²) in [6.45, 7) is 7.01. The van der Waals surface area contributed by atoms with Crippen LogP contribution in [0.3, 0.4) is 0 Å². The van der Waals surface area contributed by atoms with Gasteiger partial charge in [0.15, 0.2) is 0 Å². The molecule has 1 spiro atoms. The average molecular weight is 255 g/mol. The lowest BCUT2D eigenvalue weighted by atomic mass is 9.71. The first kappa shape index (κ1) is 13.7. The van der Waals surface area contributed by atoms with Crippen LogP contribution in [0, 0.1) is 5.41 Å². The lowest BCUT2D eigenvalue weighted by Crippen LogP contribution is -2.42. The number of rotatable bonds is 0. The standard InChI is InChI=1S/C14H25NO3/c1-13(2,3)18-12(17)15-9-8-14(10-15)7-5-4-6-11(14)16/h11,16H,4-10H2,1-3H3/t11-,14-/m1/s1. The molecule has 1 saturated carbocycles. The van der Waals surface area contributed by atoms with E-state index in [0.29, 0.717) is 13.1 Å². The minimum Gasteiger partial charge on any atom is -0.444 e. The van der Waals surface area contributed by atoms with Crippen LogP contribution in [0.2, 0.25) is 0 Å². The monoisotopic (exact) mass is 255 g/mol. The molecule has 0 aromatic rings. The predicted molar refractivity (Wildman–Crippen MR) is 69.3 cm³/mol. The Kier molecular flexibility index (Phi) is 3.58. The zero-order valence-corrected chi connectivity index (χ0v) is 11.7. The molecule has 2 rings (SSSR count). The number of carbonyl (C=O) groups excluding carboxylic acids is 1. The van der Waals surface area contributed by atoms with E-state index < -0.39 is 5.60 Å². The molecule has 2 fully saturated rings. The highest BCUT2D eigenvalue weighted by Crippen LogP contribution is 2.44. The Hall–Kier alpha value is -0.770. The second-order valence-corrected chi connectivity index (χ2v) is 6.78. The zero-order chi connectivity index (χ0) is 13.4. The third-order valence-electron chi connectivity index (χ3n) is 4.15. The summed E-state index contributed by atoms with van der Waals surface area (Å²) in [5.74, 6) is 0. The Morgan fingerprint density at radius 3 is 2.67 bits per heavy atom. The number of aliphatic hydroxyl groups excluding tert-OH is 1. The largest absolute Gasteiger partial charge is 0.444 e. The normalized spacial score (nSPS) is 32.9. The summed E-state index contributed by atoms with van der Waals surface area (Å²) in [5.41, 5.74) is -0.507. The fraction of sp³-hybridized carbons (Fsp3) is 0.929. The van der Waals surface area contributed by atoms with Crippen LogP contribution in [-0.4, -0.2) is 40.9 Å². The molecule has 18 heavy (non-hydrogen) atoms. The maximum atomic E-state index is 12.0. The molecule has 1 saturated heterocycles. The molecule has 0 radical (unpaired) electrons. The van der Waals surface area contributed by atoms with Gasteiger partial charge in [-0.05, 0) is 40.0 Å². The molecule has 0 unspecified atom stereocenters. The molecule has 0 aromatic heterocycles. The highest BCUT2D eigenvalue weighted by Gasteiger charge is 2.46. The molecule has 1 heterocycles. The van der Waals surface area contributed by atoms with Gasteiger partial charge in [-0.15, -0.1) is 0 Å². The first-order valence-corrected chi connectivity index (χ1v) is 6.98. The van der Waals surface area contributed by atoms with Gasteiger partial charge in [-0.1, -0.05) is 12.8 Å². The van der Waals surface area contributed by atoms with Crippen LogP contribution in [0.4, 0.5) is 4.79 Å². The topological polar surface area (TPSA) is 49.8 Å². The Morgan fingerprint density at radius 2 is 2.06 bits per heavy atom. The SMILES string of the molecule is CC(C)(C)OC(=O)N1CC[C@]2(CCCC[C@H]2O)C1. The fourth-order valence-electron chi connectivity index (χ4n) is 3.14. The van der Waals surface area contributed by atoms with Gasteiger partial charge in [0.2, 0.25) is 0 Å². The summed E-state index contributed by atoms with van der Waals surface area (Å²) in [7, 11) is 0. The van der Waals surface area contributed by atoms with Crippen molar-refractivity contribution < 1.29 is 14.6 Å². The fourth-order valence-corrected chi connectivity index (χ4v) is 3.14. The van der Waals surface area contributed by atoms with E-state index >= 15 is 0 Å². The second kappa shape index (κ2) is 4.72. The van der Waals surface area contributed by atoms with E-state index in [2.05, 4.69) is 0 Å². The van der Waals surface area contributed by atoms with Gasteiger partial charge < -0.3 is 14.7 Å². The van der Waals surface area contributed by atoms with E-state index in [1.54, 1.807) is 4.90 Å². The molecule has 1 amide bonds. The van der Waals surface area contributed by atoms with Crippen LogP contribution in [0.1, 0.15) is 52.9 Å². The second-order valence-electron chi connectivity index (χ2n) is 6.78. The van der Waals surface area contributed by atoms with E-state index in [1.165, 1.54) is 6.42 Å². The first-order valence-electron chi connectivity index (χ1n) is 6.98. The molecule has 1 aliphatic heterocycles. The van der Waals surface area contributed by atoms with Crippen molar-refractivity contribution in [2.45, 2.75) is 64.6 Å². The Labute approximate surface area is 109 Å². The van der Waals surface area contributed by atoms with E-state index in [4.69, 9.17) is 4.74 Å². The number of amides is 1. The highest BCUT2D eigenvalue weighted by molar-refractivity contribution is 5.68. The van der Waals surface area contributed by atoms with Crippen LogP contribution < -0.4 is 0 Å². The molecular formula is C14H25NO3. The maximum Gasteiger partial charge on any atom is 0.410 e. The summed E-state index contributed by atoms with van der Waals surface area (Å²) < 4.78 is 5.40. The molecule has 4 heteroatoms. The summed E-state index contributed by atoms with van der Waals surface area (Å²) in [4.78, 5) is 13.8. The average Bonchev–Trinajstić information content (AvgIpc) is 2.66.